The molecule has 3 nitrogen and oxygen atoms in total. The number of thioether (sulfide) groups is 1. The Kier molecular flexibility index (Phi) is 7.49. The van der Waals surface area contributed by atoms with Crippen LogP contribution in [0, 0.1) is 11.7 Å². The van der Waals surface area contributed by atoms with E-state index in [4.69, 9.17) is 5.73 Å². The number of nitrogens with two attached hydrogens (primary N) is 1. The molecule has 2 rings (SSSR count). The lowest BCUT2D eigenvalue weighted by atomic mass is 10.1. The Hall–Kier alpha value is -0.780. The van der Waals surface area contributed by atoms with Crippen LogP contribution < -0.4 is 5.73 Å². The van der Waals surface area contributed by atoms with E-state index in [9.17, 15) is 9.18 Å². The predicted octanol–water partition coefficient (Wildman–Crippen LogP) is 2.93. The monoisotopic (exact) mass is 332 g/mol. The van der Waals surface area contributed by atoms with E-state index in [1.165, 1.54) is 12.1 Å². The molecule has 1 aromatic rings. The summed E-state index contributed by atoms with van der Waals surface area (Å²) in [7, 11) is 0. The summed E-state index contributed by atoms with van der Waals surface area (Å²) in [5.74, 6) is 1.13. The van der Waals surface area contributed by atoms with Crippen molar-refractivity contribution in [2.45, 2.75) is 30.7 Å². The van der Waals surface area contributed by atoms with Gasteiger partial charge in [0.25, 0.3) is 0 Å². The number of amides is 1. The van der Waals surface area contributed by atoms with Gasteiger partial charge in [-0.2, -0.15) is 0 Å². The summed E-state index contributed by atoms with van der Waals surface area (Å²) in [5, 5.41) is 0. The second-order valence-corrected chi connectivity index (χ2v) is 6.45. The van der Waals surface area contributed by atoms with Crippen molar-refractivity contribution in [1.82, 2.24) is 4.90 Å². The molecule has 1 saturated heterocycles. The lowest BCUT2D eigenvalue weighted by Crippen LogP contribution is -2.34. The van der Waals surface area contributed by atoms with E-state index in [1.54, 1.807) is 23.9 Å². The van der Waals surface area contributed by atoms with E-state index in [2.05, 4.69) is 6.92 Å². The Morgan fingerprint density at radius 1 is 1.43 bits per heavy atom. The van der Waals surface area contributed by atoms with Crippen molar-refractivity contribution in [1.29, 1.82) is 0 Å². The summed E-state index contributed by atoms with van der Waals surface area (Å²) in [6.45, 7) is 3.52. The molecule has 6 heteroatoms. The summed E-state index contributed by atoms with van der Waals surface area (Å²) in [4.78, 5) is 15.1. The maximum atomic E-state index is 12.8. The molecule has 1 aromatic carbocycles. The molecule has 1 fully saturated rings. The van der Waals surface area contributed by atoms with Crippen LogP contribution in [0.5, 0.6) is 0 Å². The Morgan fingerprint density at radius 2 is 2.10 bits per heavy atom. The fourth-order valence-electron chi connectivity index (χ4n) is 2.59. The van der Waals surface area contributed by atoms with Gasteiger partial charge in [-0.3, -0.25) is 4.79 Å². The second kappa shape index (κ2) is 8.61. The molecule has 1 aliphatic rings. The van der Waals surface area contributed by atoms with Gasteiger partial charge in [-0.1, -0.05) is 0 Å². The standard InChI is InChI=1S/C15H21FN2OS.ClH/c1-11-8-12(9-17)10-18(11)15(19)6-7-20-14-4-2-13(16)3-5-14;/h2-5,11-12H,6-10,17H2,1H3;1H. The molecule has 2 N–H and O–H groups in total. The van der Waals surface area contributed by atoms with Gasteiger partial charge in [0.15, 0.2) is 0 Å². The summed E-state index contributed by atoms with van der Waals surface area (Å²) in [6.07, 6.45) is 1.52. The summed E-state index contributed by atoms with van der Waals surface area (Å²) in [6, 6.07) is 6.67. The highest BCUT2D eigenvalue weighted by Crippen LogP contribution is 2.24. The van der Waals surface area contributed by atoms with Crippen LogP contribution in [0.2, 0.25) is 0 Å². The molecule has 2 unspecified atom stereocenters. The van der Waals surface area contributed by atoms with E-state index in [-0.39, 0.29) is 24.1 Å². The fraction of sp³-hybridized carbons (Fsp3) is 0.533. The van der Waals surface area contributed by atoms with Gasteiger partial charge in [0, 0.05) is 29.7 Å². The van der Waals surface area contributed by atoms with E-state index in [1.807, 2.05) is 4.90 Å². The Bertz CT molecular complexity index is 457. The third-order valence-electron chi connectivity index (χ3n) is 3.71. The van der Waals surface area contributed by atoms with Crippen LogP contribution in [0.3, 0.4) is 0 Å². The molecule has 21 heavy (non-hydrogen) atoms. The van der Waals surface area contributed by atoms with Crippen molar-refractivity contribution in [2.75, 3.05) is 18.8 Å². The number of rotatable bonds is 5. The van der Waals surface area contributed by atoms with Crippen molar-refractivity contribution >= 4 is 30.1 Å². The molecule has 1 aliphatic heterocycles. The highest BCUT2D eigenvalue weighted by molar-refractivity contribution is 7.99. The highest BCUT2D eigenvalue weighted by atomic mass is 35.5. The van der Waals surface area contributed by atoms with E-state index in [0.717, 1.165) is 23.6 Å². The third kappa shape index (κ3) is 5.16. The molecule has 0 saturated carbocycles. The predicted molar refractivity (Wildman–Crippen MR) is 87.3 cm³/mol. The Labute approximate surface area is 135 Å². The number of carbonyl (C=O) groups excluding carboxylic acids is 1. The lowest BCUT2D eigenvalue weighted by molar-refractivity contribution is -0.131. The second-order valence-electron chi connectivity index (χ2n) is 5.28. The first kappa shape index (κ1) is 18.3. The first-order valence-corrected chi connectivity index (χ1v) is 7.96. The number of hydrogen-bond donors (Lipinski definition) is 1. The number of halogens is 2. The first-order valence-electron chi connectivity index (χ1n) is 6.98. The quantitative estimate of drug-likeness (QED) is 0.843. The van der Waals surface area contributed by atoms with E-state index >= 15 is 0 Å². The van der Waals surface area contributed by atoms with Crippen LogP contribution in [-0.4, -0.2) is 35.7 Å². The number of carbonyl (C=O) groups is 1. The van der Waals surface area contributed by atoms with Crippen molar-refractivity contribution < 1.29 is 9.18 Å². The average Bonchev–Trinajstić information content (AvgIpc) is 2.82. The van der Waals surface area contributed by atoms with Gasteiger partial charge in [-0.05, 0) is 50.1 Å². The topological polar surface area (TPSA) is 46.3 Å². The molecule has 118 valence electrons. The maximum absolute atomic E-state index is 12.8. The van der Waals surface area contributed by atoms with Crippen LogP contribution in [0.4, 0.5) is 4.39 Å². The molecule has 1 heterocycles. The number of hydrogen-bond acceptors (Lipinski definition) is 3. The molecule has 0 aromatic heterocycles. The van der Waals surface area contributed by atoms with Crippen LogP contribution in [0.15, 0.2) is 29.2 Å². The SMILES string of the molecule is CC1CC(CN)CN1C(=O)CCSc1ccc(F)cc1.Cl. The number of benzene rings is 1. The molecule has 2 atom stereocenters. The van der Waals surface area contributed by atoms with Gasteiger partial charge >= 0.3 is 0 Å². The average molecular weight is 333 g/mol. The van der Waals surface area contributed by atoms with Gasteiger partial charge in [0.05, 0.1) is 0 Å². The summed E-state index contributed by atoms with van der Waals surface area (Å²) >= 11 is 1.59. The largest absolute Gasteiger partial charge is 0.340 e. The van der Waals surface area contributed by atoms with Gasteiger partial charge in [-0.15, -0.1) is 24.2 Å². The molecular formula is C15H22ClFN2OS. The first-order chi connectivity index (χ1) is 9.60. The number of nitrogens with zero attached hydrogens (tertiary/aromatic N) is 1. The van der Waals surface area contributed by atoms with Crippen LogP contribution in [0.1, 0.15) is 19.8 Å². The van der Waals surface area contributed by atoms with Gasteiger partial charge < -0.3 is 10.6 Å². The van der Waals surface area contributed by atoms with Gasteiger partial charge in [0.2, 0.25) is 5.91 Å². The molecule has 0 bridgehead atoms. The highest BCUT2D eigenvalue weighted by Gasteiger charge is 2.30. The van der Waals surface area contributed by atoms with Crippen molar-refractivity contribution in [3.05, 3.63) is 30.1 Å². The smallest absolute Gasteiger partial charge is 0.223 e. The van der Waals surface area contributed by atoms with Crippen LogP contribution in [0.25, 0.3) is 0 Å². The van der Waals surface area contributed by atoms with Crippen LogP contribution >= 0.6 is 24.2 Å². The zero-order valence-corrected chi connectivity index (χ0v) is 13.8. The minimum absolute atomic E-state index is 0. The molecule has 0 aliphatic carbocycles. The third-order valence-corrected chi connectivity index (χ3v) is 4.73. The Morgan fingerprint density at radius 3 is 2.67 bits per heavy atom. The molecule has 0 spiro atoms. The molecule has 1 amide bonds. The fourth-order valence-corrected chi connectivity index (χ4v) is 3.43. The van der Waals surface area contributed by atoms with Crippen LogP contribution in [-0.2, 0) is 4.79 Å². The minimum Gasteiger partial charge on any atom is -0.340 e. The van der Waals surface area contributed by atoms with Crippen molar-refractivity contribution in [3.8, 4) is 0 Å². The van der Waals surface area contributed by atoms with E-state index < -0.39 is 0 Å². The summed E-state index contributed by atoms with van der Waals surface area (Å²) < 4.78 is 12.8. The zero-order chi connectivity index (χ0) is 14.5. The maximum Gasteiger partial charge on any atom is 0.223 e. The van der Waals surface area contributed by atoms with Crippen molar-refractivity contribution in [3.63, 3.8) is 0 Å². The van der Waals surface area contributed by atoms with Gasteiger partial charge in [-0.25, -0.2) is 4.39 Å². The molecule has 0 radical (unpaired) electrons. The summed E-state index contributed by atoms with van der Waals surface area (Å²) in [5.41, 5.74) is 5.67. The number of likely N-dealkylation sites (tertiary alicyclic amines) is 1. The minimum atomic E-state index is -0.232. The van der Waals surface area contributed by atoms with E-state index in [0.29, 0.717) is 24.9 Å². The molecular weight excluding hydrogens is 311 g/mol. The lowest BCUT2D eigenvalue weighted by Gasteiger charge is -2.21. The Balaban J connectivity index is 0.00000220. The van der Waals surface area contributed by atoms with Crippen molar-refractivity contribution in [2.24, 2.45) is 11.7 Å². The zero-order valence-electron chi connectivity index (χ0n) is 12.1. The van der Waals surface area contributed by atoms with Gasteiger partial charge in [0.1, 0.15) is 5.82 Å². The normalized spacial score (nSPS) is 21.2.